The van der Waals surface area contributed by atoms with E-state index < -0.39 is 0 Å². The molecule has 1 saturated heterocycles. The van der Waals surface area contributed by atoms with E-state index in [-0.39, 0.29) is 11.9 Å². The van der Waals surface area contributed by atoms with Gasteiger partial charge in [0.2, 0.25) is 0 Å². The van der Waals surface area contributed by atoms with E-state index in [9.17, 15) is 0 Å². The number of hydrogen-bond acceptors (Lipinski definition) is 4. The first-order chi connectivity index (χ1) is 9.58. The lowest BCUT2D eigenvalue weighted by atomic mass is 9.95. The van der Waals surface area contributed by atoms with Crippen LogP contribution < -0.4 is 10.6 Å². The van der Waals surface area contributed by atoms with E-state index in [1.165, 1.54) is 0 Å². The number of nitrogens with zero attached hydrogens (tertiary/aromatic N) is 2. The van der Waals surface area contributed by atoms with Gasteiger partial charge >= 0.3 is 0 Å². The Morgan fingerprint density at radius 1 is 1.55 bits per heavy atom. The van der Waals surface area contributed by atoms with Crippen LogP contribution in [-0.2, 0) is 4.74 Å². The fraction of sp³-hybridized carbons (Fsp3) is 0.500. The van der Waals surface area contributed by atoms with Gasteiger partial charge in [-0.05, 0) is 40.4 Å². The van der Waals surface area contributed by atoms with Crippen molar-refractivity contribution in [2.24, 2.45) is 16.8 Å². The highest BCUT2D eigenvalue weighted by Gasteiger charge is 2.28. The molecule has 0 spiro atoms. The van der Waals surface area contributed by atoms with Crippen LogP contribution in [0, 0.1) is 5.92 Å². The first-order valence-corrected chi connectivity index (χ1v) is 7.42. The van der Waals surface area contributed by atoms with Gasteiger partial charge in [-0.25, -0.2) is 0 Å². The first kappa shape index (κ1) is 15.1. The van der Waals surface area contributed by atoms with Gasteiger partial charge in [0.1, 0.15) is 0 Å². The predicted octanol–water partition coefficient (Wildman–Crippen LogP) is 2.40. The third-order valence-corrected chi connectivity index (χ3v) is 4.55. The zero-order chi connectivity index (χ0) is 14.7. The van der Waals surface area contributed by atoms with Crippen molar-refractivity contribution in [1.82, 2.24) is 0 Å². The molecule has 2 rings (SSSR count). The Kier molecular flexibility index (Phi) is 4.88. The molecule has 20 heavy (non-hydrogen) atoms. The van der Waals surface area contributed by atoms with E-state index in [0.29, 0.717) is 5.92 Å². The second kappa shape index (κ2) is 6.45. The van der Waals surface area contributed by atoms with Crippen LogP contribution in [-0.4, -0.2) is 37.3 Å². The van der Waals surface area contributed by atoms with E-state index in [0.717, 1.165) is 35.2 Å². The van der Waals surface area contributed by atoms with Gasteiger partial charge in [0.05, 0.1) is 11.7 Å². The predicted molar refractivity (Wildman–Crippen MR) is 83.4 cm³/mol. The molecule has 0 saturated carbocycles. The summed E-state index contributed by atoms with van der Waals surface area (Å²) in [5.74, 6) is 0.649. The number of halogens is 1. The summed E-state index contributed by atoms with van der Waals surface area (Å²) < 4.78 is 6.37. The third-order valence-electron chi connectivity index (χ3n) is 3.89. The van der Waals surface area contributed by atoms with Crippen LogP contribution in [0.1, 0.15) is 18.9 Å². The summed E-state index contributed by atoms with van der Waals surface area (Å²) >= 11 is 3.47. The second-order valence-electron chi connectivity index (χ2n) is 5.11. The molecule has 1 aliphatic rings. The maximum atomic E-state index is 8.97. The van der Waals surface area contributed by atoms with Crippen molar-refractivity contribution in [1.29, 1.82) is 0 Å². The van der Waals surface area contributed by atoms with Gasteiger partial charge in [0.25, 0.3) is 0 Å². The maximum absolute atomic E-state index is 8.97. The van der Waals surface area contributed by atoms with E-state index in [1.807, 2.05) is 18.2 Å². The molecule has 1 aliphatic heterocycles. The van der Waals surface area contributed by atoms with E-state index in [2.05, 4.69) is 32.9 Å². The maximum Gasteiger partial charge on any atom is 0.173 e. The highest BCUT2D eigenvalue weighted by Crippen LogP contribution is 2.31. The van der Waals surface area contributed by atoms with Gasteiger partial charge in [-0.1, -0.05) is 18.1 Å². The summed E-state index contributed by atoms with van der Waals surface area (Å²) in [6.07, 6.45) is 1.25. The van der Waals surface area contributed by atoms with Gasteiger partial charge in [-0.3, -0.25) is 0 Å². The Morgan fingerprint density at radius 2 is 2.30 bits per heavy atom. The molecule has 2 atom stereocenters. The molecule has 0 radical (unpaired) electrons. The van der Waals surface area contributed by atoms with Gasteiger partial charge in [-0.15, -0.1) is 0 Å². The Hall–Kier alpha value is -1.27. The molecule has 0 bridgehead atoms. The smallest absolute Gasteiger partial charge is 0.173 e. The molecule has 0 amide bonds. The zero-order valence-corrected chi connectivity index (χ0v) is 13.3. The van der Waals surface area contributed by atoms with Crippen LogP contribution in [0.25, 0.3) is 0 Å². The minimum absolute atomic E-state index is 0.111. The van der Waals surface area contributed by atoms with Crippen LogP contribution in [0.15, 0.2) is 27.8 Å². The molecule has 3 N–H and O–H groups in total. The van der Waals surface area contributed by atoms with E-state index >= 15 is 0 Å². The molecule has 5 nitrogen and oxygen atoms in total. The summed E-state index contributed by atoms with van der Waals surface area (Å²) in [6.45, 7) is 3.94. The minimum atomic E-state index is 0.111. The normalized spacial score (nSPS) is 23.9. The van der Waals surface area contributed by atoms with Crippen LogP contribution in [0.3, 0.4) is 0 Å². The Bertz CT molecular complexity index is 507. The molecule has 0 aromatic heterocycles. The Morgan fingerprint density at radius 3 is 2.95 bits per heavy atom. The lowest BCUT2D eigenvalue weighted by molar-refractivity contribution is 0.0498. The summed E-state index contributed by atoms with van der Waals surface area (Å²) in [6, 6.07) is 5.82. The molecular formula is C14H20BrN3O2. The van der Waals surface area contributed by atoms with Gasteiger partial charge < -0.3 is 20.6 Å². The summed E-state index contributed by atoms with van der Waals surface area (Å²) in [5.41, 5.74) is 7.49. The number of ether oxygens (including phenoxy) is 1. The third kappa shape index (κ3) is 2.91. The van der Waals surface area contributed by atoms with E-state index in [1.54, 1.807) is 7.11 Å². The lowest BCUT2D eigenvalue weighted by Gasteiger charge is -2.38. The Labute approximate surface area is 127 Å². The molecule has 1 aromatic carbocycles. The van der Waals surface area contributed by atoms with E-state index in [4.69, 9.17) is 15.7 Å². The average Bonchev–Trinajstić information content (AvgIpc) is 2.46. The largest absolute Gasteiger partial charge is 0.409 e. The summed E-state index contributed by atoms with van der Waals surface area (Å²) in [4.78, 5) is 2.23. The highest BCUT2D eigenvalue weighted by molar-refractivity contribution is 9.10. The number of anilines is 1. The van der Waals surface area contributed by atoms with Crippen molar-refractivity contribution in [2.75, 3.05) is 25.1 Å². The number of benzene rings is 1. The minimum Gasteiger partial charge on any atom is -0.409 e. The average molecular weight is 342 g/mol. The standard InChI is InChI=1S/C14H20BrN3O2/c1-9-6-7-18(8-12(9)20-2)11-5-3-4-10(15)13(11)14(16)17-19/h3-5,9,12,19H,6-8H2,1-2H3,(H2,16,17). The SMILES string of the molecule is COC1CN(c2cccc(Br)c2/C(N)=N/O)CCC1C. The molecule has 6 heteroatoms. The van der Waals surface area contributed by atoms with Crippen molar-refractivity contribution in [3.8, 4) is 0 Å². The summed E-state index contributed by atoms with van der Waals surface area (Å²) in [5, 5.41) is 12.1. The molecular weight excluding hydrogens is 322 g/mol. The van der Waals surface area contributed by atoms with Gasteiger partial charge in [0.15, 0.2) is 5.84 Å². The van der Waals surface area contributed by atoms with Crippen LogP contribution >= 0.6 is 15.9 Å². The zero-order valence-electron chi connectivity index (χ0n) is 11.7. The van der Waals surface area contributed by atoms with Gasteiger partial charge in [0, 0.05) is 30.4 Å². The topological polar surface area (TPSA) is 71.1 Å². The number of rotatable bonds is 3. The van der Waals surface area contributed by atoms with Crippen LogP contribution in [0.2, 0.25) is 0 Å². The fourth-order valence-electron chi connectivity index (χ4n) is 2.64. The molecule has 1 aromatic rings. The number of methoxy groups -OCH3 is 1. The number of oxime groups is 1. The van der Waals surface area contributed by atoms with Crippen LogP contribution in [0.4, 0.5) is 5.69 Å². The molecule has 1 fully saturated rings. The quantitative estimate of drug-likeness (QED) is 0.383. The first-order valence-electron chi connectivity index (χ1n) is 6.62. The monoisotopic (exact) mass is 341 g/mol. The fourth-order valence-corrected chi connectivity index (χ4v) is 3.20. The van der Waals surface area contributed by atoms with Crippen molar-refractivity contribution in [3.63, 3.8) is 0 Å². The molecule has 2 unspecified atom stereocenters. The molecule has 1 heterocycles. The molecule has 110 valence electrons. The highest BCUT2D eigenvalue weighted by atomic mass is 79.9. The van der Waals surface area contributed by atoms with Crippen molar-refractivity contribution in [2.45, 2.75) is 19.4 Å². The second-order valence-corrected chi connectivity index (χ2v) is 5.96. The van der Waals surface area contributed by atoms with Crippen molar-refractivity contribution in [3.05, 3.63) is 28.2 Å². The van der Waals surface area contributed by atoms with Crippen LogP contribution in [0.5, 0.6) is 0 Å². The number of amidine groups is 1. The lowest BCUT2D eigenvalue weighted by Crippen LogP contribution is -2.44. The number of nitrogens with two attached hydrogens (primary N) is 1. The number of hydrogen-bond donors (Lipinski definition) is 2. The Balaban J connectivity index is 2.36. The van der Waals surface area contributed by atoms with Crippen molar-refractivity contribution >= 4 is 27.5 Å². The van der Waals surface area contributed by atoms with Crippen molar-refractivity contribution < 1.29 is 9.94 Å². The summed E-state index contributed by atoms with van der Waals surface area (Å²) in [7, 11) is 1.75. The number of piperidine rings is 1. The molecule has 0 aliphatic carbocycles. The van der Waals surface area contributed by atoms with Gasteiger partial charge in [-0.2, -0.15) is 0 Å².